The summed E-state index contributed by atoms with van der Waals surface area (Å²) in [5, 5.41) is 4.99. The van der Waals surface area contributed by atoms with Crippen molar-refractivity contribution in [3.05, 3.63) is 68.9 Å². The highest BCUT2D eigenvalue weighted by molar-refractivity contribution is 9.10. The van der Waals surface area contributed by atoms with Gasteiger partial charge in [0.05, 0.1) is 0 Å². The Hall–Kier alpha value is -1.95. The molecule has 1 fully saturated rings. The van der Waals surface area contributed by atoms with Crippen molar-refractivity contribution in [1.29, 1.82) is 0 Å². The van der Waals surface area contributed by atoms with Crippen LogP contribution < -0.4 is 10.9 Å². The summed E-state index contributed by atoms with van der Waals surface area (Å²) < 4.78 is 0.937. The molecule has 0 spiro atoms. The van der Waals surface area contributed by atoms with Crippen molar-refractivity contribution in [2.24, 2.45) is 0 Å². The van der Waals surface area contributed by atoms with E-state index in [9.17, 15) is 4.79 Å². The second kappa shape index (κ2) is 7.35. The van der Waals surface area contributed by atoms with Gasteiger partial charge < -0.3 is 10.3 Å². The van der Waals surface area contributed by atoms with Crippen LogP contribution in [0.3, 0.4) is 0 Å². The predicted molar refractivity (Wildman–Crippen MR) is 110 cm³/mol. The number of benzene rings is 2. The summed E-state index contributed by atoms with van der Waals surface area (Å²) in [6.07, 6.45) is 1.21. The average Bonchev–Trinajstić information content (AvgIpc) is 3.11. The third-order valence-corrected chi connectivity index (χ3v) is 5.88. The van der Waals surface area contributed by atoms with Crippen LogP contribution in [0.4, 0.5) is 0 Å². The van der Waals surface area contributed by atoms with E-state index in [-0.39, 0.29) is 5.56 Å². The SMILES string of the molecule is CNC1CCN(Cc2ccc(-c3cc4c(Br)cccc4c(=O)[nH]3)cc2)C1. The lowest BCUT2D eigenvalue weighted by molar-refractivity contribution is 0.322. The average molecular weight is 412 g/mol. The molecule has 0 radical (unpaired) electrons. The minimum Gasteiger partial charge on any atom is -0.321 e. The molecule has 1 aliphatic heterocycles. The minimum absolute atomic E-state index is 0.0574. The monoisotopic (exact) mass is 411 g/mol. The number of halogens is 1. The van der Waals surface area contributed by atoms with Crippen LogP contribution in [-0.4, -0.2) is 36.1 Å². The predicted octanol–water partition coefficient (Wildman–Crippen LogP) is 3.75. The Morgan fingerprint density at radius 2 is 2.00 bits per heavy atom. The molecule has 4 rings (SSSR count). The molecule has 0 saturated carbocycles. The maximum Gasteiger partial charge on any atom is 0.256 e. The summed E-state index contributed by atoms with van der Waals surface area (Å²) in [5.41, 5.74) is 3.11. The van der Waals surface area contributed by atoms with Gasteiger partial charge in [0, 0.05) is 46.6 Å². The normalized spacial score (nSPS) is 17.8. The Morgan fingerprint density at radius 1 is 1.19 bits per heavy atom. The van der Waals surface area contributed by atoms with Gasteiger partial charge in [-0.15, -0.1) is 0 Å². The maximum atomic E-state index is 12.4. The van der Waals surface area contributed by atoms with Gasteiger partial charge in [-0.25, -0.2) is 0 Å². The Balaban J connectivity index is 1.58. The van der Waals surface area contributed by atoms with E-state index in [0.717, 1.165) is 40.8 Å². The largest absolute Gasteiger partial charge is 0.321 e. The number of likely N-dealkylation sites (tertiary alicyclic amines) is 1. The highest BCUT2D eigenvalue weighted by Crippen LogP contribution is 2.26. The van der Waals surface area contributed by atoms with E-state index in [2.05, 4.69) is 55.4 Å². The minimum atomic E-state index is -0.0574. The van der Waals surface area contributed by atoms with Gasteiger partial charge in [0.1, 0.15) is 0 Å². The molecule has 3 aromatic rings. The second-order valence-electron chi connectivity index (χ2n) is 6.92. The van der Waals surface area contributed by atoms with Crippen LogP contribution in [-0.2, 0) is 6.54 Å². The summed E-state index contributed by atoms with van der Waals surface area (Å²) in [6.45, 7) is 3.21. The molecule has 0 bridgehead atoms. The van der Waals surface area contributed by atoms with E-state index in [0.29, 0.717) is 11.4 Å². The number of H-pyrrole nitrogens is 1. The molecular weight excluding hydrogens is 390 g/mol. The van der Waals surface area contributed by atoms with Crippen LogP contribution >= 0.6 is 15.9 Å². The van der Waals surface area contributed by atoms with Gasteiger partial charge in [-0.2, -0.15) is 0 Å². The van der Waals surface area contributed by atoms with Gasteiger partial charge in [-0.3, -0.25) is 9.69 Å². The molecule has 1 aliphatic rings. The van der Waals surface area contributed by atoms with E-state index < -0.39 is 0 Å². The Kier molecular flexibility index (Phi) is 4.94. The molecule has 0 aliphatic carbocycles. The molecule has 5 heteroatoms. The fraction of sp³-hybridized carbons (Fsp3) is 0.286. The van der Waals surface area contributed by atoms with Gasteiger partial charge in [-0.05, 0) is 42.8 Å². The molecule has 26 heavy (non-hydrogen) atoms. The molecule has 4 nitrogen and oxygen atoms in total. The van der Waals surface area contributed by atoms with Gasteiger partial charge >= 0.3 is 0 Å². The number of nitrogens with zero attached hydrogens (tertiary/aromatic N) is 1. The highest BCUT2D eigenvalue weighted by Gasteiger charge is 2.20. The second-order valence-corrected chi connectivity index (χ2v) is 7.77. The third-order valence-electron chi connectivity index (χ3n) is 5.19. The van der Waals surface area contributed by atoms with E-state index in [1.807, 2.05) is 31.3 Å². The van der Waals surface area contributed by atoms with Crippen molar-refractivity contribution in [1.82, 2.24) is 15.2 Å². The fourth-order valence-corrected chi connectivity index (χ4v) is 4.15. The molecule has 0 amide bonds. The van der Waals surface area contributed by atoms with Crippen molar-refractivity contribution in [3.63, 3.8) is 0 Å². The van der Waals surface area contributed by atoms with Gasteiger partial charge in [0.25, 0.3) is 5.56 Å². The first-order valence-corrected chi connectivity index (χ1v) is 9.74. The number of nitrogens with one attached hydrogen (secondary N) is 2. The molecule has 134 valence electrons. The van der Waals surface area contributed by atoms with E-state index in [1.165, 1.54) is 12.0 Å². The first kappa shape index (κ1) is 17.5. The van der Waals surface area contributed by atoms with Crippen LogP contribution in [0.25, 0.3) is 22.0 Å². The van der Waals surface area contributed by atoms with Crippen LogP contribution in [0.2, 0.25) is 0 Å². The zero-order chi connectivity index (χ0) is 18.1. The number of rotatable bonds is 4. The summed E-state index contributed by atoms with van der Waals surface area (Å²) in [4.78, 5) is 17.9. The lowest BCUT2D eigenvalue weighted by atomic mass is 10.1. The van der Waals surface area contributed by atoms with Gasteiger partial charge in [0.2, 0.25) is 0 Å². The molecule has 1 unspecified atom stereocenters. The quantitative estimate of drug-likeness (QED) is 0.686. The summed E-state index contributed by atoms with van der Waals surface area (Å²) in [5.74, 6) is 0. The number of aromatic nitrogens is 1. The Bertz CT molecular complexity index is 981. The third kappa shape index (κ3) is 3.47. The van der Waals surface area contributed by atoms with Crippen molar-refractivity contribution in [2.45, 2.75) is 19.0 Å². The van der Waals surface area contributed by atoms with Crippen LogP contribution in [0.1, 0.15) is 12.0 Å². The van der Waals surface area contributed by atoms with Crippen LogP contribution in [0.15, 0.2) is 57.8 Å². The van der Waals surface area contributed by atoms with E-state index >= 15 is 0 Å². The number of aromatic amines is 1. The highest BCUT2D eigenvalue weighted by atomic mass is 79.9. The number of likely N-dealkylation sites (N-methyl/N-ethyl adjacent to an activating group) is 1. The summed E-state index contributed by atoms with van der Waals surface area (Å²) in [6, 6.07) is 16.8. The van der Waals surface area contributed by atoms with E-state index in [1.54, 1.807) is 0 Å². The fourth-order valence-electron chi connectivity index (χ4n) is 3.67. The Morgan fingerprint density at radius 3 is 2.73 bits per heavy atom. The van der Waals surface area contributed by atoms with E-state index in [4.69, 9.17) is 0 Å². The summed E-state index contributed by atoms with van der Waals surface area (Å²) >= 11 is 3.55. The molecule has 1 saturated heterocycles. The number of hydrogen-bond donors (Lipinski definition) is 2. The molecule has 2 N–H and O–H groups in total. The van der Waals surface area contributed by atoms with Crippen molar-refractivity contribution in [3.8, 4) is 11.3 Å². The lowest BCUT2D eigenvalue weighted by Crippen LogP contribution is -2.29. The zero-order valence-electron chi connectivity index (χ0n) is 14.8. The lowest BCUT2D eigenvalue weighted by Gasteiger charge is -2.16. The molecule has 1 atom stereocenters. The van der Waals surface area contributed by atoms with Crippen molar-refractivity contribution in [2.75, 3.05) is 20.1 Å². The Labute approximate surface area is 161 Å². The smallest absolute Gasteiger partial charge is 0.256 e. The maximum absolute atomic E-state index is 12.4. The van der Waals surface area contributed by atoms with Gasteiger partial charge in [0.15, 0.2) is 0 Å². The standard InChI is InChI=1S/C21H22BrN3O/c1-23-16-9-10-25(13-16)12-14-5-7-15(8-6-14)20-11-18-17(21(26)24-20)3-2-4-19(18)22/h2-8,11,16,23H,9-10,12-13H2,1H3,(H,24,26). The summed E-state index contributed by atoms with van der Waals surface area (Å²) in [7, 11) is 2.03. The first-order chi connectivity index (χ1) is 12.6. The van der Waals surface area contributed by atoms with Crippen LogP contribution in [0, 0.1) is 0 Å². The zero-order valence-corrected chi connectivity index (χ0v) is 16.3. The number of fused-ring (bicyclic) bond motifs is 1. The molecule has 2 aromatic carbocycles. The van der Waals surface area contributed by atoms with Crippen LogP contribution in [0.5, 0.6) is 0 Å². The molecule has 1 aromatic heterocycles. The molecular formula is C21H22BrN3O. The number of pyridine rings is 1. The number of hydrogen-bond acceptors (Lipinski definition) is 3. The first-order valence-electron chi connectivity index (χ1n) is 8.94. The molecule has 2 heterocycles. The topological polar surface area (TPSA) is 48.1 Å². The van der Waals surface area contributed by atoms with Gasteiger partial charge in [-0.1, -0.05) is 46.3 Å². The van der Waals surface area contributed by atoms with Crippen molar-refractivity contribution >= 4 is 26.7 Å². The van der Waals surface area contributed by atoms with Crippen molar-refractivity contribution < 1.29 is 0 Å².